The minimum absolute atomic E-state index is 0.715. The molecule has 0 fully saturated rings. The number of rotatable bonds is 0. The van der Waals surface area contributed by atoms with Gasteiger partial charge in [0.1, 0.15) is 0 Å². The smallest absolute Gasteiger partial charge is 0.261 e. The van der Waals surface area contributed by atoms with E-state index in [0.29, 0.717) is 6.26 Å². The van der Waals surface area contributed by atoms with Crippen LogP contribution < -0.4 is 0 Å². The average molecular weight is 147 g/mol. The normalized spacial score (nSPS) is 9.14. The van der Waals surface area contributed by atoms with Crippen LogP contribution in [0, 0.1) is 0 Å². The minimum atomic E-state index is -3.67. The first-order valence-corrected chi connectivity index (χ1v) is 3.91. The molecular formula is C2H7ClO3S. The van der Waals surface area contributed by atoms with Crippen LogP contribution in [0.3, 0.4) is 0 Å². The van der Waals surface area contributed by atoms with Gasteiger partial charge < -0.3 is 0 Å². The molecule has 0 aromatic heterocycles. The number of halogens is 1. The second kappa shape index (κ2) is 4.36. The Morgan fingerprint density at radius 1 is 1.43 bits per heavy atom. The van der Waals surface area contributed by atoms with Crippen molar-refractivity contribution < 1.29 is 13.0 Å². The minimum Gasteiger partial charge on any atom is -0.286 e. The van der Waals surface area contributed by atoms with Gasteiger partial charge in [0, 0.05) is 6.38 Å². The molecule has 5 heteroatoms. The van der Waals surface area contributed by atoms with Crippen molar-refractivity contribution >= 4 is 21.7 Å². The van der Waals surface area contributed by atoms with Crippen LogP contribution in [-0.4, -0.2) is 25.6 Å². The van der Waals surface area contributed by atoms with Crippen molar-refractivity contribution in [1.82, 2.24) is 0 Å². The fraction of sp³-hybridized carbons (Fsp3) is 1.00. The van der Waals surface area contributed by atoms with Gasteiger partial charge in [-0.25, -0.2) is 0 Å². The first-order chi connectivity index (χ1) is 3.00. The summed E-state index contributed by atoms with van der Waals surface area (Å²) < 4.78 is 25.9. The van der Waals surface area contributed by atoms with Crippen molar-refractivity contribution in [1.29, 1.82) is 0 Å². The summed E-state index contributed by atoms with van der Waals surface area (Å²) in [4.78, 5) is 0. The summed E-state index contributed by atoms with van der Waals surface area (Å²) in [7, 11) is -3.67. The first-order valence-electron chi connectivity index (χ1n) is 1.30. The maximum atomic E-state index is 9.19. The van der Waals surface area contributed by atoms with Crippen molar-refractivity contribution in [3.05, 3.63) is 0 Å². The van der Waals surface area contributed by atoms with Crippen LogP contribution in [0.1, 0.15) is 0 Å². The Hall–Kier alpha value is 0.200. The average Bonchev–Trinajstić information content (AvgIpc) is 1.36. The Bertz CT molecular complexity index is 96.1. The van der Waals surface area contributed by atoms with Crippen molar-refractivity contribution in [2.45, 2.75) is 0 Å². The van der Waals surface area contributed by atoms with Gasteiger partial charge in [-0.1, -0.05) is 0 Å². The van der Waals surface area contributed by atoms with Crippen molar-refractivity contribution in [2.75, 3.05) is 12.6 Å². The van der Waals surface area contributed by atoms with E-state index in [1.807, 2.05) is 0 Å². The van der Waals surface area contributed by atoms with E-state index in [1.54, 1.807) is 0 Å². The molecule has 0 aliphatic heterocycles. The van der Waals surface area contributed by atoms with Crippen LogP contribution in [0.15, 0.2) is 0 Å². The van der Waals surface area contributed by atoms with Gasteiger partial charge >= 0.3 is 0 Å². The first kappa shape index (κ1) is 10.2. The lowest BCUT2D eigenvalue weighted by Gasteiger charge is -1.69. The van der Waals surface area contributed by atoms with Gasteiger partial charge in [-0.2, -0.15) is 8.42 Å². The lowest BCUT2D eigenvalue weighted by atomic mass is 12.0. The molecule has 0 radical (unpaired) electrons. The lowest BCUT2D eigenvalue weighted by Crippen LogP contribution is -1.88. The largest absolute Gasteiger partial charge is 0.286 e. The third-order valence-corrected chi connectivity index (χ3v) is 0. The molecule has 0 aromatic rings. The van der Waals surface area contributed by atoms with Crippen LogP contribution in [0.2, 0.25) is 0 Å². The molecule has 0 aliphatic carbocycles. The summed E-state index contributed by atoms with van der Waals surface area (Å²) in [5.74, 6) is 0. The third-order valence-electron chi connectivity index (χ3n) is 0. The number of hydrogen-bond donors (Lipinski definition) is 1. The zero-order valence-corrected chi connectivity index (χ0v) is 5.62. The molecule has 3 nitrogen and oxygen atoms in total. The molecule has 0 atom stereocenters. The predicted octanol–water partition coefficient (Wildman–Crippen LogP) is 0.359. The Labute approximate surface area is 48.0 Å². The Morgan fingerprint density at radius 3 is 1.43 bits per heavy atom. The zero-order chi connectivity index (χ0) is 6.50. The summed E-state index contributed by atoms with van der Waals surface area (Å²) in [5.41, 5.74) is 0. The molecular weight excluding hydrogens is 140 g/mol. The van der Waals surface area contributed by atoms with Crippen LogP contribution in [0.25, 0.3) is 0 Å². The molecule has 1 N–H and O–H groups in total. The molecule has 7 heavy (non-hydrogen) atoms. The summed E-state index contributed by atoms with van der Waals surface area (Å²) in [6.45, 7) is 0. The summed E-state index contributed by atoms with van der Waals surface area (Å²) in [6.07, 6.45) is 2.19. The van der Waals surface area contributed by atoms with Gasteiger partial charge in [0.15, 0.2) is 0 Å². The highest BCUT2D eigenvalue weighted by molar-refractivity contribution is 7.85. The molecule has 0 aromatic carbocycles. The Morgan fingerprint density at radius 2 is 1.43 bits per heavy atom. The van der Waals surface area contributed by atoms with Crippen molar-refractivity contribution in [3.63, 3.8) is 0 Å². The molecule has 0 saturated carbocycles. The van der Waals surface area contributed by atoms with E-state index in [0.717, 1.165) is 0 Å². The van der Waals surface area contributed by atoms with Gasteiger partial charge in [0.2, 0.25) is 0 Å². The fourth-order valence-corrected chi connectivity index (χ4v) is 0. The second-order valence-corrected chi connectivity index (χ2v) is 2.20. The number of hydrogen-bond acceptors (Lipinski definition) is 2. The fourth-order valence-electron chi connectivity index (χ4n) is 0. The molecule has 0 aliphatic rings. The maximum Gasteiger partial charge on any atom is 0.261 e. The van der Waals surface area contributed by atoms with Crippen LogP contribution >= 0.6 is 11.6 Å². The van der Waals surface area contributed by atoms with Crippen LogP contribution in [-0.2, 0) is 10.1 Å². The lowest BCUT2D eigenvalue weighted by molar-refractivity contribution is 0.490. The number of alkyl halides is 1. The van der Waals surface area contributed by atoms with Gasteiger partial charge in [-0.05, 0) is 0 Å². The quantitative estimate of drug-likeness (QED) is 0.397. The molecule has 0 unspecified atom stereocenters. The molecule has 0 spiro atoms. The summed E-state index contributed by atoms with van der Waals surface area (Å²) in [5, 5.41) is 0. The van der Waals surface area contributed by atoms with E-state index in [1.165, 1.54) is 6.38 Å². The third kappa shape index (κ3) is 2730. The molecule has 0 heterocycles. The topological polar surface area (TPSA) is 54.4 Å². The van der Waals surface area contributed by atoms with Crippen molar-refractivity contribution in [2.24, 2.45) is 0 Å². The molecule has 0 rings (SSSR count). The van der Waals surface area contributed by atoms with Crippen LogP contribution in [0.5, 0.6) is 0 Å². The van der Waals surface area contributed by atoms with Gasteiger partial charge in [0.05, 0.1) is 6.26 Å². The SMILES string of the molecule is CCl.CS(=O)(=O)O. The summed E-state index contributed by atoms with van der Waals surface area (Å²) in [6, 6.07) is 0. The molecule has 46 valence electrons. The molecule has 0 saturated heterocycles. The highest BCUT2D eigenvalue weighted by atomic mass is 35.5. The Kier molecular flexibility index (Phi) is 6.38. The molecule has 0 bridgehead atoms. The molecule has 0 amide bonds. The van der Waals surface area contributed by atoms with E-state index in [2.05, 4.69) is 11.6 Å². The summed E-state index contributed by atoms with van der Waals surface area (Å²) >= 11 is 4.64. The maximum absolute atomic E-state index is 9.19. The highest BCUT2D eigenvalue weighted by Crippen LogP contribution is 1.60. The highest BCUT2D eigenvalue weighted by Gasteiger charge is 1.81. The van der Waals surface area contributed by atoms with E-state index in [-0.39, 0.29) is 0 Å². The van der Waals surface area contributed by atoms with Gasteiger partial charge in [-0.15, -0.1) is 11.6 Å². The van der Waals surface area contributed by atoms with E-state index in [4.69, 9.17) is 4.55 Å². The predicted molar refractivity (Wildman–Crippen MR) is 29.2 cm³/mol. The van der Waals surface area contributed by atoms with E-state index in [9.17, 15) is 8.42 Å². The van der Waals surface area contributed by atoms with E-state index >= 15 is 0 Å². The second-order valence-electron chi connectivity index (χ2n) is 0.733. The zero-order valence-electron chi connectivity index (χ0n) is 4.05. The standard InChI is InChI=1S/CH3Cl.CH4O3S/c1-2;1-5(2,3)4/h1H3;1H3,(H,2,3,4). The van der Waals surface area contributed by atoms with E-state index < -0.39 is 10.1 Å². The monoisotopic (exact) mass is 146 g/mol. The van der Waals surface area contributed by atoms with Gasteiger partial charge in [-0.3, -0.25) is 4.55 Å². The Balaban J connectivity index is 0. The van der Waals surface area contributed by atoms with Gasteiger partial charge in [0.25, 0.3) is 10.1 Å². The van der Waals surface area contributed by atoms with Crippen LogP contribution in [0.4, 0.5) is 0 Å². The van der Waals surface area contributed by atoms with Crippen molar-refractivity contribution in [3.8, 4) is 0 Å².